The first-order valence-corrected chi connectivity index (χ1v) is 13.2. The third-order valence-electron chi connectivity index (χ3n) is 6.53. The van der Waals surface area contributed by atoms with Gasteiger partial charge in [0.2, 0.25) is 15.9 Å². The Morgan fingerprint density at radius 1 is 1.26 bits per heavy atom. The maximum absolute atomic E-state index is 13.6. The standard InChI is InChI=1S/C25H31N3O6S/c1-5-28(19-8-10-20(33-4)11-9-19)25(30)18-7-6-12-27(15-18)35(31,32)23-14-22-21(13-16(23)2)26-24(29)17(3)34-22/h8-11,13-14,17-18H,5-7,12,15H2,1-4H3,(H,26,29)/t17-,18+/m0/s1. The van der Waals surface area contributed by atoms with E-state index in [4.69, 9.17) is 9.47 Å². The van der Waals surface area contributed by atoms with Crippen LogP contribution in [0.2, 0.25) is 0 Å². The first-order valence-electron chi connectivity index (χ1n) is 11.7. The van der Waals surface area contributed by atoms with E-state index in [2.05, 4.69) is 5.32 Å². The fourth-order valence-corrected chi connectivity index (χ4v) is 6.32. The Labute approximate surface area is 206 Å². The van der Waals surface area contributed by atoms with Crippen LogP contribution in [-0.4, -0.2) is 57.4 Å². The quantitative estimate of drug-likeness (QED) is 0.652. The van der Waals surface area contributed by atoms with E-state index in [1.807, 2.05) is 19.1 Å². The molecule has 0 aromatic heterocycles. The Balaban J connectivity index is 1.56. The summed E-state index contributed by atoms with van der Waals surface area (Å²) < 4.78 is 39.5. The van der Waals surface area contributed by atoms with E-state index in [0.29, 0.717) is 48.7 Å². The molecule has 1 N–H and O–H groups in total. The van der Waals surface area contributed by atoms with E-state index in [-0.39, 0.29) is 23.3 Å². The summed E-state index contributed by atoms with van der Waals surface area (Å²) in [5, 5.41) is 2.74. The monoisotopic (exact) mass is 501 g/mol. The van der Waals surface area contributed by atoms with Crippen molar-refractivity contribution in [3.63, 3.8) is 0 Å². The number of aryl methyl sites for hydroxylation is 1. The second-order valence-electron chi connectivity index (χ2n) is 8.85. The second kappa shape index (κ2) is 9.87. The average Bonchev–Trinajstić information content (AvgIpc) is 2.85. The van der Waals surface area contributed by atoms with Gasteiger partial charge < -0.3 is 19.7 Å². The van der Waals surface area contributed by atoms with E-state index in [9.17, 15) is 18.0 Å². The number of amides is 2. The van der Waals surface area contributed by atoms with E-state index in [0.717, 1.165) is 5.69 Å². The van der Waals surface area contributed by atoms with Crippen LogP contribution in [0.4, 0.5) is 11.4 Å². The fourth-order valence-electron chi connectivity index (χ4n) is 4.57. The van der Waals surface area contributed by atoms with E-state index in [1.165, 1.54) is 10.4 Å². The molecule has 0 unspecified atom stereocenters. The maximum atomic E-state index is 13.6. The highest BCUT2D eigenvalue weighted by atomic mass is 32.2. The summed E-state index contributed by atoms with van der Waals surface area (Å²) in [6.45, 7) is 6.11. The molecule has 2 heterocycles. The number of hydrogen-bond acceptors (Lipinski definition) is 6. The van der Waals surface area contributed by atoms with Gasteiger partial charge in [0, 0.05) is 31.4 Å². The molecule has 10 heteroatoms. The molecule has 0 saturated carbocycles. The number of carbonyl (C=O) groups excluding carboxylic acids is 2. The summed E-state index contributed by atoms with van der Waals surface area (Å²) in [7, 11) is -2.29. The molecule has 2 aromatic rings. The molecule has 4 rings (SSSR count). The topological polar surface area (TPSA) is 105 Å². The Morgan fingerprint density at radius 2 is 1.97 bits per heavy atom. The van der Waals surface area contributed by atoms with Gasteiger partial charge >= 0.3 is 0 Å². The highest BCUT2D eigenvalue weighted by molar-refractivity contribution is 7.89. The molecule has 35 heavy (non-hydrogen) atoms. The van der Waals surface area contributed by atoms with Crippen LogP contribution in [-0.2, 0) is 19.6 Å². The zero-order valence-corrected chi connectivity index (χ0v) is 21.2. The Kier molecular flexibility index (Phi) is 7.05. The van der Waals surface area contributed by atoms with Gasteiger partial charge in [-0.25, -0.2) is 8.42 Å². The lowest BCUT2D eigenvalue weighted by Crippen LogP contribution is -2.47. The van der Waals surface area contributed by atoms with Gasteiger partial charge in [0.05, 0.1) is 23.6 Å². The molecule has 2 aliphatic rings. The maximum Gasteiger partial charge on any atom is 0.265 e. The molecule has 0 radical (unpaired) electrons. The molecule has 1 fully saturated rings. The molecule has 1 saturated heterocycles. The van der Waals surface area contributed by atoms with Gasteiger partial charge in [-0.3, -0.25) is 9.59 Å². The number of hydrogen-bond donors (Lipinski definition) is 1. The number of carbonyl (C=O) groups is 2. The van der Waals surface area contributed by atoms with Gasteiger partial charge in [-0.1, -0.05) is 0 Å². The number of fused-ring (bicyclic) bond motifs is 1. The number of benzene rings is 2. The zero-order valence-electron chi connectivity index (χ0n) is 20.4. The van der Waals surface area contributed by atoms with Crippen molar-refractivity contribution in [2.75, 3.05) is 37.0 Å². The number of piperidine rings is 1. The number of sulfonamides is 1. The lowest BCUT2D eigenvalue weighted by molar-refractivity contribution is -0.123. The van der Waals surface area contributed by atoms with Gasteiger partial charge in [-0.05, 0) is 69.5 Å². The van der Waals surface area contributed by atoms with Crippen LogP contribution < -0.4 is 19.7 Å². The highest BCUT2D eigenvalue weighted by Crippen LogP contribution is 2.36. The summed E-state index contributed by atoms with van der Waals surface area (Å²) in [4.78, 5) is 27.1. The minimum Gasteiger partial charge on any atom is -0.497 e. The summed E-state index contributed by atoms with van der Waals surface area (Å²) in [6.07, 6.45) is 0.493. The van der Waals surface area contributed by atoms with Crippen LogP contribution in [0.1, 0.15) is 32.3 Å². The zero-order chi connectivity index (χ0) is 25.3. The third kappa shape index (κ3) is 4.85. The first-order chi connectivity index (χ1) is 16.6. The molecule has 0 spiro atoms. The molecule has 2 atom stereocenters. The minimum absolute atomic E-state index is 0.0976. The molecule has 0 bridgehead atoms. The van der Waals surface area contributed by atoms with E-state index < -0.39 is 22.0 Å². The van der Waals surface area contributed by atoms with Crippen molar-refractivity contribution >= 4 is 33.2 Å². The fraction of sp³-hybridized carbons (Fsp3) is 0.440. The van der Waals surface area contributed by atoms with Gasteiger partial charge in [0.1, 0.15) is 11.5 Å². The van der Waals surface area contributed by atoms with Crippen molar-refractivity contribution in [2.45, 2.75) is 44.6 Å². The molecule has 2 aliphatic heterocycles. The SMILES string of the molecule is CCN(C(=O)[C@@H]1CCCN(S(=O)(=O)c2cc3c(cc2C)NC(=O)[C@H](C)O3)C1)c1ccc(OC)cc1. The Hall–Kier alpha value is -3.11. The number of nitrogens with zero attached hydrogens (tertiary/aromatic N) is 2. The third-order valence-corrected chi connectivity index (χ3v) is 8.53. The Morgan fingerprint density at radius 3 is 2.63 bits per heavy atom. The van der Waals surface area contributed by atoms with Gasteiger partial charge in [0.15, 0.2) is 6.10 Å². The van der Waals surface area contributed by atoms with Crippen molar-refractivity contribution in [2.24, 2.45) is 5.92 Å². The first kappa shape index (κ1) is 25.0. The van der Waals surface area contributed by atoms with Gasteiger partial charge in [-0.15, -0.1) is 0 Å². The molecular weight excluding hydrogens is 470 g/mol. The number of methoxy groups -OCH3 is 1. The van der Waals surface area contributed by atoms with Gasteiger partial charge in [0.25, 0.3) is 5.91 Å². The van der Waals surface area contributed by atoms with E-state index in [1.54, 1.807) is 44.1 Å². The van der Waals surface area contributed by atoms with Crippen molar-refractivity contribution in [3.05, 3.63) is 42.0 Å². The van der Waals surface area contributed by atoms with Gasteiger partial charge in [-0.2, -0.15) is 4.31 Å². The largest absolute Gasteiger partial charge is 0.497 e. The number of nitrogens with one attached hydrogen (secondary N) is 1. The molecule has 9 nitrogen and oxygen atoms in total. The predicted octanol–water partition coefficient (Wildman–Crippen LogP) is 3.18. The number of rotatable bonds is 6. The smallest absolute Gasteiger partial charge is 0.265 e. The van der Waals surface area contributed by atoms with Crippen molar-refractivity contribution in [1.82, 2.24) is 4.31 Å². The van der Waals surface area contributed by atoms with Crippen LogP contribution in [0.25, 0.3) is 0 Å². The van der Waals surface area contributed by atoms with Crippen LogP contribution in [0, 0.1) is 12.8 Å². The summed E-state index contributed by atoms with van der Waals surface area (Å²) in [6, 6.07) is 10.3. The van der Waals surface area contributed by atoms with E-state index >= 15 is 0 Å². The highest BCUT2D eigenvalue weighted by Gasteiger charge is 2.37. The summed E-state index contributed by atoms with van der Waals surface area (Å²) in [5.74, 6) is 0.198. The second-order valence-corrected chi connectivity index (χ2v) is 10.8. The molecule has 0 aliphatic carbocycles. The lowest BCUT2D eigenvalue weighted by atomic mass is 9.97. The number of ether oxygens (including phenoxy) is 2. The Bertz CT molecular complexity index is 1230. The van der Waals surface area contributed by atoms with Crippen LogP contribution in [0.15, 0.2) is 41.3 Å². The summed E-state index contributed by atoms with van der Waals surface area (Å²) >= 11 is 0. The van der Waals surface area contributed by atoms with Crippen LogP contribution in [0.3, 0.4) is 0 Å². The molecule has 188 valence electrons. The lowest BCUT2D eigenvalue weighted by Gasteiger charge is -2.34. The number of anilines is 2. The predicted molar refractivity (Wildman–Crippen MR) is 132 cm³/mol. The van der Waals surface area contributed by atoms with Crippen molar-refractivity contribution < 1.29 is 27.5 Å². The van der Waals surface area contributed by atoms with Crippen LogP contribution >= 0.6 is 0 Å². The summed E-state index contributed by atoms with van der Waals surface area (Å²) in [5.41, 5.74) is 1.70. The van der Waals surface area contributed by atoms with Crippen LogP contribution in [0.5, 0.6) is 11.5 Å². The average molecular weight is 502 g/mol. The molecular formula is C25H31N3O6S. The molecule has 2 aromatic carbocycles. The molecule has 2 amide bonds. The van der Waals surface area contributed by atoms with Crippen molar-refractivity contribution in [3.8, 4) is 11.5 Å². The van der Waals surface area contributed by atoms with Crippen molar-refractivity contribution in [1.29, 1.82) is 0 Å². The normalized spacial score (nSPS) is 20.4. The minimum atomic E-state index is -3.88.